The number of piperidine rings is 1. The number of likely N-dealkylation sites (tertiary alicyclic amines) is 1. The zero-order valence-corrected chi connectivity index (χ0v) is 21.2. The third-order valence-electron chi connectivity index (χ3n) is 6.85. The number of hydrogen-bond acceptors (Lipinski definition) is 4. The van der Waals surface area contributed by atoms with E-state index >= 15 is 0 Å². The highest BCUT2D eigenvalue weighted by Gasteiger charge is 2.27. The molecule has 0 aliphatic carbocycles. The van der Waals surface area contributed by atoms with Gasteiger partial charge in [0.05, 0.1) is 30.6 Å². The Morgan fingerprint density at radius 3 is 2.56 bits per heavy atom. The summed E-state index contributed by atoms with van der Waals surface area (Å²) in [6.07, 6.45) is 1.91. The van der Waals surface area contributed by atoms with Crippen LogP contribution in [0.2, 0.25) is 5.02 Å². The van der Waals surface area contributed by atoms with Crippen LogP contribution in [0.1, 0.15) is 29.8 Å². The predicted molar refractivity (Wildman–Crippen MR) is 143 cm³/mol. The Bertz CT molecular complexity index is 1320. The molecule has 4 aromatic rings. The zero-order chi connectivity index (χ0) is 24.9. The minimum atomic E-state index is -0.0221. The Balaban J connectivity index is 1.26. The molecule has 5 rings (SSSR count). The number of halogens is 1. The van der Waals surface area contributed by atoms with Gasteiger partial charge in [0.25, 0.3) is 0 Å². The fourth-order valence-corrected chi connectivity index (χ4v) is 5.01. The van der Waals surface area contributed by atoms with Crippen molar-refractivity contribution in [2.24, 2.45) is 5.92 Å². The number of para-hydroxylation sites is 2. The van der Waals surface area contributed by atoms with Crippen LogP contribution < -0.4 is 10.1 Å². The second-order valence-corrected chi connectivity index (χ2v) is 9.81. The molecule has 1 N–H and O–H groups in total. The third-order valence-corrected chi connectivity index (χ3v) is 7.11. The van der Waals surface area contributed by atoms with Gasteiger partial charge in [-0.1, -0.05) is 48.0 Å². The number of rotatable bonds is 8. The summed E-state index contributed by atoms with van der Waals surface area (Å²) in [4.78, 5) is 20.3. The number of amides is 1. The lowest BCUT2D eigenvalue weighted by atomic mass is 9.97. The van der Waals surface area contributed by atoms with Crippen molar-refractivity contribution in [3.05, 3.63) is 94.8 Å². The van der Waals surface area contributed by atoms with Gasteiger partial charge in [-0.3, -0.25) is 9.69 Å². The van der Waals surface area contributed by atoms with Crippen molar-refractivity contribution in [1.29, 1.82) is 0 Å². The van der Waals surface area contributed by atoms with Crippen molar-refractivity contribution in [3.8, 4) is 5.75 Å². The van der Waals surface area contributed by atoms with Gasteiger partial charge in [-0.2, -0.15) is 0 Å². The molecule has 0 unspecified atom stereocenters. The van der Waals surface area contributed by atoms with Crippen molar-refractivity contribution in [1.82, 2.24) is 19.8 Å². The molecular weight excluding hydrogens is 472 g/mol. The van der Waals surface area contributed by atoms with Crippen LogP contribution in [0, 0.1) is 5.92 Å². The van der Waals surface area contributed by atoms with Crippen LogP contribution >= 0.6 is 11.6 Å². The fraction of sp³-hybridized carbons (Fsp3) is 0.310. The summed E-state index contributed by atoms with van der Waals surface area (Å²) in [7, 11) is 1.65. The van der Waals surface area contributed by atoms with E-state index in [1.165, 1.54) is 5.56 Å². The van der Waals surface area contributed by atoms with Crippen molar-refractivity contribution in [2.45, 2.75) is 32.5 Å². The summed E-state index contributed by atoms with van der Waals surface area (Å²) in [6.45, 7) is 3.67. The van der Waals surface area contributed by atoms with Crippen LogP contribution in [-0.4, -0.2) is 40.6 Å². The second-order valence-electron chi connectivity index (χ2n) is 9.37. The van der Waals surface area contributed by atoms with Gasteiger partial charge in [0.2, 0.25) is 5.91 Å². The van der Waals surface area contributed by atoms with Gasteiger partial charge in [0.15, 0.2) is 0 Å². The van der Waals surface area contributed by atoms with Gasteiger partial charge in [-0.05, 0) is 66.9 Å². The van der Waals surface area contributed by atoms with E-state index in [4.69, 9.17) is 21.3 Å². The van der Waals surface area contributed by atoms with E-state index in [0.29, 0.717) is 13.1 Å². The smallest absolute Gasteiger partial charge is 0.224 e. The molecule has 1 amide bonds. The monoisotopic (exact) mass is 502 g/mol. The lowest BCUT2D eigenvalue weighted by Gasteiger charge is -2.31. The number of carbonyl (C=O) groups excluding carboxylic acids is 1. The molecule has 0 saturated carbocycles. The molecule has 2 heterocycles. The Hall–Kier alpha value is -3.35. The number of carbonyl (C=O) groups is 1. The summed E-state index contributed by atoms with van der Waals surface area (Å²) in [5, 5.41) is 3.86. The highest BCUT2D eigenvalue weighted by molar-refractivity contribution is 6.30. The van der Waals surface area contributed by atoms with E-state index in [-0.39, 0.29) is 11.8 Å². The molecule has 6 nitrogen and oxygen atoms in total. The minimum Gasteiger partial charge on any atom is -0.497 e. The molecule has 1 aromatic heterocycles. The van der Waals surface area contributed by atoms with Gasteiger partial charge >= 0.3 is 0 Å². The summed E-state index contributed by atoms with van der Waals surface area (Å²) in [5.74, 6) is 1.93. The molecule has 1 saturated heterocycles. The van der Waals surface area contributed by atoms with Gasteiger partial charge in [-0.15, -0.1) is 0 Å². The first-order chi connectivity index (χ1) is 17.6. The van der Waals surface area contributed by atoms with Crippen molar-refractivity contribution in [3.63, 3.8) is 0 Å². The molecule has 186 valence electrons. The average molecular weight is 503 g/mol. The van der Waals surface area contributed by atoms with Crippen LogP contribution in [0.25, 0.3) is 11.0 Å². The van der Waals surface area contributed by atoms with Crippen molar-refractivity contribution >= 4 is 28.5 Å². The van der Waals surface area contributed by atoms with E-state index in [1.54, 1.807) is 7.11 Å². The number of ether oxygens (including phenoxy) is 1. The van der Waals surface area contributed by atoms with E-state index in [0.717, 1.165) is 65.7 Å². The highest BCUT2D eigenvalue weighted by Crippen LogP contribution is 2.23. The van der Waals surface area contributed by atoms with Gasteiger partial charge in [-0.25, -0.2) is 4.98 Å². The van der Waals surface area contributed by atoms with Crippen LogP contribution in [0.15, 0.2) is 72.8 Å². The maximum atomic E-state index is 13.0. The lowest BCUT2D eigenvalue weighted by molar-refractivity contribution is -0.127. The minimum absolute atomic E-state index is 0.0221. The molecule has 1 fully saturated rings. The SMILES string of the molecule is COc1ccc(CNC(=O)[C@@H]2CCCN(Cc3nc4ccccc4n3Cc3ccc(Cl)cc3)C2)cc1. The molecule has 36 heavy (non-hydrogen) atoms. The Labute approximate surface area is 216 Å². The van der Waals surface area contributed by atoms with Gasteiger partial charge < -0.3 is 14.6 Å². The number of hydrogen-bond donors (Lipinski definition) is 1. The van der Waals surface area contributed by atoms with E-state index in [9.17, 15) is 4.79 Å². The normalized spacial score (nSPS) is 16.2. The number of aromatic nitrogens is 2. The third kappa shape index (κ3) is 5.72. The number of nitrogens with zero attached hydrogens (tertiary/aromatic N) is 3. The summed E-state index contributed by atoms with van der Waals surface area (Å²) < 4.78 is 7.49. The van der Waals surface area contributed by atoms with Crippen LogP contribution in [0.3, 0.4) is 0 Å². The predicted octanol–water partition coefficient (Wildman–Crippen LogP) is 5.28. The molecule has 1 aliphatic rings. The van der Waals surface area contributed by atoms with Gasteiger partial charge in [0.1, 0.15) is 11.6 Å². The number of nitrogens with one attached hydrogen (secondary N) is 1. The van der Waals surface area contributed by atoms with E-state index in [2.05, 4.69) is 45.1 Å². The molecular formula is C29H31ClN4O2. The molecule has 0 bridgehead atoms. The molecule has 1 aliphatic heterocycles. The van der Waals surface area contributed by atoms with Crippen molar-refractivity contribution in [2.75, 3.05) is 20.2 Å². The topological polar surface area (TPSA) is 59.4 Å². The molecule has 7 heteroatoms. The van der Waals surface area contributed by atoms with E-state index < -0.39 is 0 Å². The van der Waals surface area contributed by atoms with Crippen LogP contribution in [0.5, 0.6) is 5.75 Å². The first-order valence-electron chi connectivity index (χ1n) is 12.4. The zero-order valence-electron chi connectivity index (χ0n) is 20.5. The number of imidazole rings is 1. The van der Waals surface area contributed by atoms with Crippen molar-refractivity contribution < 1.29 is 9.53 Å². The Morgan fingerprint density at radius 1 is 1.03 bits per heavy atom. The second kappa shape index (κ2) is 11.1. The largest absolute Gasteiger partial charge is 0.497 e. The number of benzene rings is 3. The first kappa shape index (κ1) is 24.3. The Kier molecular flexibility index (Phi) is 7.54. The summed E-state index contributed by atoms with van der Waals surface area (Å²) in [5.41, 5.74) is 4.35. The number of methoxy groups -OCH3 is 1. The maximum absolute atomic E-state index is 13.0. The summed E-state index contributed by atoms with van der Waals surface area (Å²) in [6, 6.07) is 24.0. The highest BCUT2D eigenvalue weighted by atomic mass is 35.5. The molecule has 3 aromatic carbocycles. The Morgan fingerprint density at radius 2 is 1.78 bits per heavy atom. The lowest BCUT2D eigenvalue weighted by Crippen LogP contribution is -2.42. The average Bonchev–Trinajstić information content (AvgIpc) is 3.25. The standard InChI is InChI=1S/C29H31ClN4O2/c1-36-25-14-10-21(11-15-25)17-31-29(35)23-5-4-16-33(19-23)20-28-32-26-6-2-3-7-27(26)34(28)18-22-8-12-24(30)13-9-22/h2-3,6-15,23H,4-5,16-20H2,1H3,(H,31,35)/t23-/m1/s1. The van der Waals surface area contributed by atoms with E-state index in [1.807, 2.05) is 42.5 Å². The van der Waals surface area contributed by atoms with Gasteiger partial charge in [0, 0.05) is 24.7 Å². The number of fused-ring (bicyclic) bond motifs is 1. The van der Waals surface area contributed by atoms with Crippen LogP contribution in [-0.2, 0) is 24.4 Å². The first-order valence-corrected chi connectivity index (χ1v) is 12.8. The quantitative estimate of drug-likeness (QED) is 0.356. The summed E-state index contributed by atoms with van der Waals surface area (Å²) >= 11 is 6.09. The fourth-order valence-electron chi connectivity index (χ4n) is 4.88. The molecule has 1 atom stereocenters. The molecule has 0 radical (unpaired) electrons. The van der Waals surface area contributed by atoms with Crippen LogP contribution in [0.4, 0.5) is 0 Å². The maximum Gasteiger partial charge on any atom is 0.224 e. The molecule has 0 spiro atoms.